The largest absolute Gasteiger partial charge is 0.504 e. The van der Waals surface area contributed by atoms with E-state index >= 15 is 0 Å². The smallest absolute Gasteiger partial charge is 0.300 e. The molecule has 0 N–H and O–H groups in total. The number of Topliss-reactive ketones (excluding diaryl/α,β-unsaturated/α-hetero) is 1. The van der Waals surface area contributed by atoms with Gasteiger partial charge in [0.15, 0.2) is 0 Å². The first kappa shape index (κ1) is 9.76. The average Bonchev–Trinajstić information content (AvgIpc) is 2.32. The molecule has 0 aromatic carbocycles. The summed E-state index contributed by atoms with van der Waals surface area (Å²) >= 11 is 0. The minimum atomic E-state index is -4.50. The Labute approximate surface area is 72.2 Å². The van der Waals surface area contributed by atoms with Crippen LogP contribution in [0.1, 0.15) is 12.5 Å². The zero-order valence-corrected chi connectivity index (χ0v) is 6.80. The number of aromatic nitrogens is 2. The highest BCUT2D eigenvalue weighted by Gasteiger charge is 2.31. The Bertz CT molecular complexity index is 316. The number of nitrogens with zero attached hydrogens (tertiary/aromatic N) is 2. The van der Waals surface area contributed by atoms with Crippen LogP contribution in [0.15, 0.2) is 12.4 Å². The minimum Gasteiger partial charge on any atom is -0.300 e. The van der Waals surface area contributed by atoms with Gasteiger partial charge in [-0.05, 0) is 12.5 Å². The van der Waals surface area contributed by atoms with Crippen molar-refractivity contribution in [1.82, 2.24) is 9.78 Å². The first-order valence-corrected chi connectivity index (χ1v) is 3.50. The van der Waals surface area contributed by atoms with E-state index in [1.807, 2.05) is 0 Å². The number of hydrogen-bond donors (Lipinski definition) is 0. The van der Waals surface area contributed by atoms with Crippen LogP contribution in [0.25, 0.3) is 0 Å². The number of hydrogen-bond acceptors (Lipinski definition) is 2. The second-order valence-electron chi connectivity index (χ2n) is 2.64. The minimum absolute atomic E-state index is 0.0178. The fourth-order valence-electron chi connectivity index (χ4n) is 0.877. The molecule has 0 fully saturated rings. The van der Waals surface area contributed by atoms with Crippen molar-refractivity contribution in [3.63, 3.8) is 0 Å². The standard InChI is InChI=1S/C7H7F3N2O/c1-5(13)2-6-3-11-12(4-6)7(8,9)10/h3-4H,2H2,1H3. The Hall–Kier alpha value is -1.33. The summed E-state index contributed by atoms with van der Waals surface area (Å²) in [6.07, 6.45) is -2.68. The first-order chi connectivity index (χ1) is 5.89. The van der Waals surface area contributed by atoms with Crippen LogP contribution in [0.4, 0.5) is 13.2 Å². The Kier molecular flexibility index (Phi) is 2.40. The lowest BCUT2D eigenvalue weighted by Gasteiger charge is -2.03. The molecule has 1 heterocycles. The van der Waals surface area contributed by atoms with Crippen molar-refractivity contribution in [3.05, 3.63) is 18.0 Å². The second-order valence-corrected chi connectivity index (χ2v) is 2.64. The maximum absolute atomic E-state index is 12.0. The van der Waals surface area contributed by atoms with Gasteiger partial charge in [0.05, 0.1) is 6.20 Å². The highest BCUT2D eigenvalue weighted by molar-refractivity contribution is 5.77. The van der Waals surface area contributed by atoms with Crippen LogP contribution in [-0.2, 0) is 17.5 Å². The van der Waals surface area contributed by atoms with E-state index in [9.17, 15) is 18.0 Å². The van der Waals surface area contributed by atoms with Gasteiger partial charge in [-0.25, -0.2) is 0 Å². The average molecular weight is 192 g/mol. The Morgan fingerprint density at radius 3 is 2.62 bits per heavy atom. The third-order valence-electron chi connectivity index (χ3n) is 1.35. The van der Waals surface area contributed by atoms with Crippen molar-refractivity contribution in [2.75, 3.05) is 0 Å². The summed E-state index contributed by atoms with van der Waals surface area (Å²) in [6, 6.07) is 0. The van der Waals surface area contributed by atoms with Crippen LogP contribution in [0, 0.1) is 0 Å². The predicted octanol–water partition coefficient (Wildman–Crippen LogP) is 1.49. The molecule has 6 heteroatoms. The van der Waals surface area contributed by atoms with Gasteiger partial charge in [-0.15, -0.1) is 13.2 Å². The summed E-state index contributed by atoms with van der Waals surface area (Å²) in [5.74, 6) is -0.193. The highest BCUT2D eigenvalue weighted by Crippen LogP contribution is 2.21. The van der Waals surface area contributed by atoms with Crippen LogP contribution in [0.2, 0.25) is 0 Å². The molecule has 1 aromatic rings. The van der Waals surface area contributed by atoms with Crippen LogP contribution in [-0.4, -0.2) is 15.6 Å². The molecule has 0 atom stereocenters. The molecule has 0 radical (unpaired) electrons. The summed E-state index contributed by atoms with van der Waals surface area (Å²) in [5.41, 5.74) is 0.268. The molecule has 0 aliphatic rings. The van der Waals surface area contributed by atoms with Crippen molar-refractivity contribution in [2.45, 2.75) is 19.6 Å². The van der Waals surface area contributed by atoms with Crippen molar-refractivity contribution >= 4 is 5.78 Å². The fourth-order valence-corrected chi connectivity index (χ4v) is 0.877. The number of carbonyl (C=O) groups is 1. The molecule has 72 valence electrons. The zero-order chi connectivity index (χ0) is 10.1. The third kappa shape index (κ3) is 2.57. The van der Waals surface area contributed by atoms with Gasteiger partial charge in [0.1, 0.15) is 5.78 Å². The SMILES string of the molecule is CC(=O)Cc1cnn(C(F)(F)F)c1. The van der Waals surface area contributed by atoms with Crippen molar-refractivity contribution in [3.8, 4) is 0 Å². The number of alkyl halides is 3. The molecule has 0 unspecified atom stereocenters. The molecule has 1 aromatic heterocycles. The fraction of sp³-hybridized carbons (Fsp3) is 0.429. The number of ketones is 1. The van der Waals surface area contributed by atoms with E-state index in [0.717, 1.165) is 12.4 Å². The van der Waals surface area contributed by atoms with E-state index in [1.54, 1.807) is 0 Å². The summed E-state index contributed by atoms with van der Waals surface area (Å²) in [4.78, 5) is 10.6. The molecule has 0 saturated heterocycles. The molecule has 0 spiro atoms. The molecule has 0 bridgehead atoms. The molecular weight excluding hydrogens is 185 g/mol. The molecule has 0 saturated carbocycles. The highest BCUT2D eigenvalue weighted by atomic mass is 19.4. The lowest BCUT2D eigenvalue weighted by Crippen LogP contribution is -2.16. The summed E-state index contributed by atoms with van der Waals surface area (Å²) in [7, 11) is 0. The molecule has 13 heavy (non-hydrogen) atoms. The first-order valence-electron chi connectivity index (χ1n) is 3.50. The van der Waals surface area contributed by atoms with Gasteiger partial charge < -0.3 is 0 Å². The molecule has 0 aliphatic heterocycles. The van der Waals surface area contributed by atoms with Crippen LogP contribution >= 0.6 is 0 Å². The molecule has 0 amide bonds. The normalized spacial score (nSPS) is 11.7. The lowest BCUT2D eigenvalue weighted by molar-refractivity contribution is -0.212. The topological polar surface area (TPSA) is 34.9 Å². The monoisotopic (exact) mass is 192 g/mol. The summed E-state index contributed by atoms with van der Waals surface area (Å²) in [5, 5.41) is 3.08. The molecule has 3 nitrogen and oxygen atoms in total. The summed E-state index contributed by atoms with van der Waals surface area (Å²) in [6.45, 7) is 1.31. The van der Waals surface area contributed by atoms with Gasteiger partial charge in [0, 0.05) is 12.6 Å². The predicted molar refractivity (Wildman–Crippen MR) is 37.9 cm³/mol. The summed E-state index contributed by atoms with van der Waals surface area (Å²) < 4.78 is 35.7. The van der Waals surface area contributed by atoms with E-state index in [0.29, 0.717) is 0 Å². The van der Waals surface area contributed by atoms with Crippen molar-refractivity contribution in [2.24, 2.45) is 0 Å². The Morgan fingerprint density at radius 2 is 2.23 bits per heavy atom. The van der Waals surface area contributed by atoms with Gasteiger partial charge >= 0.3 is 6.30 Å². The van der Waals surface area contributed by atoms with Gasteiger partial charge in [-0.1, -0.05) is 0 Å². The second kappa shape index (κ2) is 3.20. The van der Waals surface area contributed by atoms with Crippen molar-refractivity contribution in [1.29, 1.82) is 0 Å². The maximum atomic E-state index is 12.0. The number of carbonyl (C=O) groups excluding carboxylic acids is 1. The van der Waals surface area contributed by atoms with Gasteiger partial charge in [0.25, 0.3) is 0 Å². The van der Waals surface area contributed by atoms with Crippen LogP contribution in [0.3, 0.4) is 0 Å². The van der Waals surface area contributed by atoms with Gasteiger partial charge in [-0.3, -0.25) is 4.79 Å². The van der Waals surface area contributed by atoms with E-state index in [-0.39, 0.29) is 22.4 Å². The van der Waals surface area contributed by atoms with Crippen LogP contribution in [0.5, 0.6) is 0 Å². The van der Waals surface area contributed by atoms with Crippen molar-refractivity contribution < 1.29 is 18.0 Å². The quantitative estimate of drug-likeness (QED) is 0.711. The lowest BCUT2D eigenvalue weighted by atomic mass is 10.2. The molecule has 0 aliphatic carbocycles. The van der Waals surface area contributed by atoms with E-state index in [1.165, 1.54) is 6.92 Å². The van der Waals surface area contributed by atoms with E-state index < -0.39 is 6.30 Å². The Morgan fingerprint density at radius 1 is 1.62 bits per heavy atom. The molecule has 1 rings (SSSR count). The maximum Gasteiger partial charge on any atom is 0.504 e. The Balaban J connectivity index is 2.81. The van der Waals surface area contributed by atoms with Gasteiger partial charge in [0.2, 0.25) is 0 Å². The number of halogens is 3. The van der Waals surface area contributed by atoms with E-state index in [2.05, 4.69) is 5.10 Å². The third-order valence-corrected chi connectivity index (χ3v) is 1.35. The zero-order valence-electron chi connectivity index (χ0n) is 6.80. The van der Waals surface area contributed by atoms with Gasteiger partial charge in [-0.2, -0.15) is 9.78 Å². The van der Waals surface area contributed by atoms with Crippen LogP contribution < -0.4 is 0 Å². The molecular formula is C7H7F3N2O. The number of rotatable bonds is 2. The van der Waals surface area contributed by atoms with E-state index in [4.69, 9.17) is 0 Å².